The first-order valence-corrected chi connectivity index (χ1v) is 2.89. The Hall–Kier alpha value is -0.240. The molecular weight excluding hydrogens is 124 g/mol. The molecule has 2 nitrogen and oxygen atoms in total. The molecule has 0 radical (unpaired) electrons. The summed E-state index contributed by atoms with van der Waals surface area (Å²) < 4.78 is 0. The second-order valence-corrected chi connectivity index (χ2v) is 2.55. The van der Waals surface area contributed by atoms with Crippen molar-refractivity contribution in [1.82, 2.24) is 4.90 Å². The van der Waals surface area contributed by atoms with Crippen LogP contribution in [0.25, 0.3) is 0 Å². The molecule has 0 aromatic heterocycles. The smallest absolute Gasteiger partial charge is 0.113 e. The van der Waals surface area contributed by atoms with Crippen molar-refractivity contribution < 1.29 is 0 Å². The molecule has 0 aliphatic carbocycles. The molecule has 1 unspecified atom stereocenters. The van der Waals surface area contributed by atoms with Gasteiger partial charge in [0.25, 0.3) is 0 Å². The lowest BCUT2D eigenvalue weighted by Gasteiger charge is -2.14. The molecule has 8 heavy (non-hydrogen) atoms. The number of nitrogens with zero attached hydrogens (tertiary/aromatic N) is 1. The predicted octanol–water partition coefficient (Wildman–Crippen LogP) is 1.15. The van der Waals surface area contributed by atoms with Crippen molar-refractivity contribution in [2.75, 3.05) is 14.1 Å². The van der Waals surface area contributed by atoms with E-state index in [1.54, 1.807) is 25.9 Å². The van der Waals surface area contributed by atoms with E-state index < -0.39 is 0 Å². The maximum atomic E-state index is 7.19. The van der Waals surface area contributed by atoms with Crippen molar-refractivity contribution in [3.8, 4) is 0 Å². The van der Waals surface area contributed by atoms with Crippen LogP contribution in [0.5, 0.6) is 0 Å². The third-order valence-corrected chi connectivity index (χ3v) is 1.07. The van der Waals surface area contributed by atoms with Crippen LogP contribution < -0.4 is 0 Å². The van der Waals surface area contributed by atoms with Crippen LogP contribution in [0.2, 0.25) is 0 Å². The number of rotatable bonds is 1. The number of nitrogens with one attached hydrogen (secondary N) is 1. The molecule has 1 N–H and O–H groups in total. The molecule has 0 aromatic carbocycles. The second kappa shape index (κ2) is 2.92. The Morgan fingerprint density at radius 2 is 2.00 bits per heavy atom. The standard InChI is InChI=1S/C5H11ClN2/c1-4(6)5(7)8(2)3/h4,7H,1-3H3. The minimum absolute atomic E-state index is 0.176. The Bertz CT molecular complexity index is 78.4. The van der Waals surface area contributed by atoms with Crippen LogP contribution in [0, 0.1) is 5.41 Å². The van der Waals surface area contributed by atoms with E-state index in [1.807, 2.05) is 0 Å². The number of alkyl halides is 1. The Kier molecular flexibility index (Phi) is 2.84. The SMILES string of the molecule is CC(Cl)C(=N)N(C)C. The summed E-state index contributed by atoms with van der Waals surface area (Å²) in [6.07, 6.45) is 0. The summed E-state index contributed by atoms with van der Waals surface area (Å²) >= 11 is 5.56. The van der Waals surface area contributed by atoms with Crippen molar-refractivity contribution in [1.29, 1.82) is 5.41 Å². The summed E-state index contributed by atoms with van der Waals surface area (Å²) in [5, 5.41) is 7.02. The number of hydrogen-bond donors (Lipinski definition) is 1. The first-order valence-electron chi connectivity index (χ1n) is 2.45. The van der Waals surface area contributed by atoms with E-state index in [4.69, 9.17) is 17.0 Å². The Morgan fingerprint density at radius 3 is 2.00 bits per heavy atom. The molecule has 0 spiro atoms. The van der Waals surface area contributed by atoms with Crippen LogP contribution in [-0.2, 0) is 0 Å². The zero-order valence-corrected chi connectivity index (χ0v) is 6.16. The highest BCUT2D eigenvalue weighted by Crippen LogP contribution is 1.96. The largest absolute Gasteiger partial charge is 0.365 e. The Morgan fingerprint density at radius 1 is 1.62 bits per heavy atom. The van der Waals surface area contributed by atoms with Gasteiger partial charge in [-0.15, -0.1) is 11.6 Å². The van der Waals surface area contributed by atoms with E-state index in [0.717, 1.165) is 0 Å². The predicted molar refractivity (Wildman–Crippen MR) is 36.7 cm³/mol. The topological polar surface area (TPSA) is 27.1 Å². The molecule has 0 bridgehead atoms. The fourth-order valence-electron chi connectivity index (χ4n) is 0.356. The summed E-state index contributed by atoms with van der Waals surface area (Å²) in [7, 11) is 3.61. The van der Waals surface area contributed by atoms with Gasteiger partial charge in [0.2, 0.25) is 0 Å². The molecule has 0 fully saturated rings. The highest BCUT2D eigenvalue weighted by Gasteiger charge is 2.04. The van der Waals surface area contributed by atoms with E-state index in [2.05, 4.69) is 0 Å². The zero-order valence-electron chi connectivity index (χ0n) is 5.40. The van der Waals surface area contributed by atoms with Gasteiger partial charge in [0.15, 0.2) is 0 Å². The summed E-state index contributed by atoms with van der Waals surface area (Å²) in [5.74, 6) is 0.451. The van der Waals surface area contributed by atoms with Gasteiger partial charge in [-0.05, 0) is 6.92 Å². The van der Waals surface area contributed by atoms with Gasteiger partial charge in [-0.25, -0.2) is 0 Å². The highest BCUT2D eigenvalue weighted by atomic mass is 35.5. The maximum absolute atomic E-state index is 7.19. The third-order valence-electron chi connectivity index (χ3n) is 0.859. The van der Waals surface area contributed by atoms with Crippen LogP contribution in [-0.4, -0.2) is 30.2 Å². The third kappa shape index (κ3) is 2.17. The molecular formula is C5H11ClN2. The normalized spacial score (nSPS) is 13.0. The van der Waals surface area contributed by atoms with Crippen molar-refractivity contribution in [2.45, 2.75) is 12.3 Å². The maximum Gasteiger partial charge on any atom is 0.113 e. The van der Waals surface area contributed by atoms with Gasteiger partial charge in [-0.3, -0.25) is 5.41 Å². The number of hydrogen-bond acceptors (Lipinski definition) is 1. The summed E-state index contributed by atoms with van der Waals surface area (Å²) in [4.78, 5) is 1.69. The Balaban J connectivity index is 3.65. The molecule has 0 saturated heterocycles. The van der Waals surface area contributed by atoms with E-state index in [1.165, 1.54) is 0 Å². The summed E-state index contributed by atoms with van der Waals surface area (Å²) in [5.41, 5.74) is 0. The van der Waals surface area contributed by atoms with Gasteiger partial charge in [0.05, 0.1) is 5.38 Å². The lowest BCUT2D eigenvalue weighted by atomic mass is 10.4. The number of halogens is 1. The quantitative estimate of drug-likeness (QED) is 0.325. The molecule has 0 heterocycles. The fraction of sp³-hybridized carbons (Fsp3) is 0.800. The van der Waals surface area contributed by atoms with Crippen molar-refractivity contribution >= 4 is 17.4 Å². The van der Waals surface area contributed by atoms with Crippen molar-refractivity contribution in [2.24, 2.45) is 0 Å². The average molecular weight is 135 g/mol. The van der Waals surface area contributed by atoms with Crippen molar-refractivity contribution in [3.05, 3.63) is 0 Å². The van der Waals surface area contributed by atoms with Crippen LogP contribution in [0.1, 0.15) is 6.92 Å². The van der Waals surface area contributed by atoms with Gasteiger partial charge >= 0.3 is 0 Å². The molecule has 0 aliphatic rings. The van der Waals surface area contributed by atoms with E-state index in [-0.39, 0.29) is 5.38 Å². The fourth-order valence-corrected chi connectivity index (χ4v) is 0.551. The average Bonchev–Trinajstić information content (AvgIpc) is 1.64. The summed E-state index contributed by atoms with van der Waals surface area (Å²) in [6, 6.07) is 0. The van der Waals surface area contributed by atoms with Crippen LogP contribution in [0.15, 0.2) is 0 Å². The van der Waals surface area contributed by atoms with Gasteiger partial charge in [-0.1, -0.05) is 0 Å². The monoisotopic (exact) mass is 134 g/mol. The van der Waals surface area contributed by atoms with Gasteiger partial charge in [0, 0.05) is 14.1 Å². The van der Waals surface area contributed by atoms with E-state index in [9.17, 15) is 0 Å². The van der Waals surface area contributed by atoms with Crippen LogP contribution in [0.3, 0.4) is 0 Å². The molecule has 0 saturated carbocycles. The molecule has 0 aliphatic heterocycles. The number of amidine groups is 1. The molecule has 0 rings (SSSR count). The summed E-state index contributed by atoms with van der Waals surface area (Å²) in [6.45, 7) is 1.78. The molecule has 48 valence electrons. The van der Waals surface area contributed by atoms with Crippen molar-refractivity contribution in [3.63, 3.8) is 0 Å². The molecule has 0 aromatic rings. The molecule has 0 amide bonds. The zero-order chi connectivity index (χ0) is 6.73. The minimum atomic E-state index is -0.176. The molecule has 3 heteroatoms. The van der Waals surface area contributed by atoms with Crippen LogP contribution >= 0.6 is 11.6 Å². The minimum Gasteiger partial charge on any atom is -0.365 e. The Labute approximate surface area is 54.9 Å². The first kappa shape index (κ1) is 7.76. The van der Waals surface area contributed by atoms with E-state index in [0.29, 0.717) is 5.84 Å². The highest BCUT2D eigenvalue weighted by molar-refractivity contribution is 6.30. The second-order valence-electron chi connectivity index (χ2n) is 1.90. The lowest BCUT2D eigenvalue weighted by Crippen LogP contribution is -2.27. The van der Waals surface area contributed by atoms with Gasteiger partial charge < -0.3 is 4.90 Å². The van der Waals surface area contributed by atoms with E-state index >= 15 is 0 Å². The molecule has 1 atom stereocenters. The first-order chi connectivity index (χ1) is 3.55. The lowest BCUT2D eigenvalue weighted by molar-refractivity contribution is 0.603. The van der Waals surface area contributed by atoms with Gasteiger partial charge in [0.1, 0.15) is 5.84 Å². The van der Waals surface area contributed by atoms with Gasteiger partial charge in [-0.2, -0.15) is 0 Å². The van der Waals surface area contributed by atoms with Crippen LogP contribution in [0.4, 0.5) is 0 Å².